The van der Waals surface area contributed by atoms with Crippen molar-refractivity contribution in [3.05, 3.63) is 134 Å². The summed E-state index contributed by atoms with van der Waals surface area (Å²) in [5.74, 6) is -1.83. The molecule has 2 heterocycles. The van der Waals surface area contributed by atoms with E-state index in [9.17, 15) is 19.7 Å². The molecule has 0 spiro atoms. The summed E-state index contributed by atoms with van der Waals surface area (Å²) in [4.78, 5) is 40.7. The van der Waals surface area contributed by atoms with E-state index >= 15 is 0 Å². The summed E-state index contributed by atoms with van der Waals surface area (Å²) in [6, 6.07) is 27.1. The van der Waals surface area contributed by atoms with Crippen molar-refractivity contribution in [2.45, 2.75) is 57.5 Å². The van der Waals surface area contributed by atoms with E-state index in [-0.39, 0.29) is 22.8 Å². The third-order valence-electron chi connectivity index (χ3n) is 9.29. The normalized spacial score (nSPS) is 20.1. The molecule has 9 nitrogen and oxygen atoms in total. The highest BCUT2D eigenvalue weighted by molar-refractivity contribution is 6.00. The van der Waals surface area contributed by atoms with Gasteiger partial charge in [0.1, 0.15) is 5.60 Å². The number of dihydropyridines is 1. The number of methoxy groups -OCH3 is 1. The number of hydrogen-bond donors (Lipinski definition) is 1. The Labute approximate surface area is 270 Å². The van der Waals surface area contributed by atoms with Gasteiger partial charge in [0.25, 0.3) is 5.69 Å². The zero-order chi connectivity index (χ0) is 32.8. The minimum absolute atomic E-state index is 0.135. The van der Waals surface area contributed by atoms with Crippen molar-refractivity contribution in [2.24, 2.45) is 0 Å². The Morgan fingerprint density at radius 1 is 0.957 bits per heavy atom. The molecule has 0 bridgehead atoms. The van der Waals surface area contributed by atoms with Crippen LogP contribution in [0.1, 0.15) is 68.6 Å². The number of carbonyl (C=O) groups excluding carboxylic acids is 2. The first-order valence-electron chi connectivity index (χ1n) is 15.7. The van der Waals surface area contributed by atoms with Crippen LogP contribution in [0.3, 0.4) is 0 Å². The summed E-state index contributed by atoms with van der Waals surface area (Å²) in [6.07, 6.45) is 2.21. The van der Waals surface area contributed by atoms with Crippen LogP contribution in [-0.4, -0.2) is 54.1 Å². The number of benzene rings is 3. The number of carbonyl (C=O) groups is 2. The molecule has 5 rings (SSSR count). The van der Waals surface area contributed by atoms with Gasteiger partial charge in [0, 0.05) is 49.0 Å². The van der Waals surface area contributed by atoms with Crippen molar-refractivity contribution >= 4 is 17.6 Å². The van der Waals surface area contributed by atoms with Gasteiger partial charge in [-0.2, -0.15) is 0 Å². The summed E-state index contributed by atoms with van der Waals surface area (Å²) in [7, 11) is 1.27. The third kappa shape index (κ3) is 6.89. The van der Waals surface area contributed by atoms with Crippen molar-refractivity contribution in [2.75, 3.05) is 26.7 Å². The van der Waals surface area contributed by atoms with Crippen LogP contribution < -0.4 is 5.32 Å². The number of nitro benzene ring substituents is 1. The molecule has 3 aromatic carbocycles. The molecule has 0 aromatic heterocycles. The molecule has 240 valence electrons. The second-order valence-electron chi connectivity index (χ2n) is 12.1. The van der Waals surface area contributed by atoms with Crippen molar-refractivity contribution < 1.29 is 24.0 Å². The Balaban J connectivity index is 1.38. The van der Waals surface area contributed by atoms with Gasteiger partial charge in [0.2, 0.25) is 0 Å². The summed E-state index contributed by atoms with van der Waals surface area (Å²) < 4.78 is 11.5. The number of likely N-dealkylation sites (tertiary alicyclic amines) is 1. The van der Waals surface area contributed by atoms with Gasteiger partial charge in [0.15, 0.2) is 0 Å². The van der Waals surface area contributed by atoms with Crippen LogP contribution in [0.2, 0.25) is 0 Å². The topological polar surface area (TPSA) is 111 Å². The predicted octanol–water partition coefficient (Wildman–Crippen LogP) is 6.62. The fourth-order valence-corrected chi connectivity index (χ4v) is 6.82. The molecule has 2 atom stereocenters. The molecule has 1 saturated heterocycles. The molecule has 1 fully saturated rings. The van der Waals surface area contributed by atoms with E-state index in [4.69, 9.17) is 9.47 Å². The highest BCUT2D eigenvalue weighted by atomic mass is 16.6. The molecule has 0 aliphatic carbocycles. The van der Waals surface area contributed by atoms with Gasteiger partial charge in [-0.05, 0) is 49.9 Å². The molecule has 1 N–H and O–H groups in total. The zero-order valence-electron chi connectivity index (χ0n) is 26.8. The van der Waals surface area contributed by atoms with Crippen molar-refractivity contribution in [1.82, 2.24) is 10.2 Å². The number of nitrogens with one attached hydrogen (secondary N) is 1. The van der Waals surface area contributed by atoms with Gasteiger partial charge in [0.05, 0.1) is 29.1 Å². The van der Waals surface area contributed by atoms with Gasteiger partial charge in [-0.1, -0.05) is 79.7 Å². The molecule has 9 heteroatoms. The Kier molecular flexibility index (Phi) is 10.0. The number of ether oxygens (including phenoxy) is 2. The maximum atomic E-state index is 14.2. The highest BCUT2D eigenvalue weighted by Crippen LogP contribution is 2.42. The Morgan fingerprint density at radius 3 is 2.13 bits per heavy atom. The maximum Gasteiger partial charge on any atom is 0.337 e. The molecular weight excluding hydrogens is 582 g/mol. The number of allylic oxidation sites excluding steroid dienone is 2. The quantitative estimate of drug-likeness (QED) is 0.144. The average Bonchev–Trinajstić information content (AvgIpc) is 3.48. The fraction of sp³-hybridized carbons (Fsp3) is 0.351. The number of hydrogen-bond acceptors (Lipinski definition) is 8. The van der Waals surface area contributed by atoms with Crippen molar-refractivity contribution in [1.29, 1.82) is 0 Å². The van der Waals surface area contributed by atoms with Gasteiger partial charge in [-0.15, -0.1) is 0 Å². The molecular formula is C37H41N3O6. The van der Waals surface area contributed by atoms with E-state index in [1.165, 1.54) is 30.4 Å². The second kappa shape index (κ2) is 14.1. The fourth-order valence-electron chi connectivity index (χ4n) is 6.82. The van der Waals surface area contributed by atoms with Crippen LogP contribution >= 0.6 is 0 Å². The Hall–Kier alpha value is -4.76. The molecule has 0 amide bonds. The molecule has 46 heavy (non-hydrogen) atoms. The van der Waals surface area contributed by atoms with Gasteiger partial charge in [-0.3, -0.25) is 15.0 Å². The van der Waals surface area contributed by atoms with E-state index in [1.807, 2.05) is 19.1 Å². The third-order valence-corrected chi connectivity index (χ3v) is 9.29. The van der Waals surface area contributed by atoms with E-state index in [0.29, 0.717) is 36.3 Å². The minimum Gasteiger partial charge on any atom is -0.466 e. The van der Waals surface area contributed by atoms with Gasteiger partial charge >= 0.3 is 11.9 Å². The Morgan fingerprint density at radius 2 is 1.57 bits per heavy atom. The number of nitrogens with zero attached hydrogens (tertiary/aromatic N) is 2. The zero-order valence-corrected chi connectivity index (χ0v) is 26.8. The predicted molar refractivity (Wildman–Crippen MR) is 176 cm³/mol. The van der Waals surface area contributed by atoms with Crippen LogP contribution in [0, 0.1) is 10.1 Å². The first kappa shape index (κ1) is 32.6. The first-order valence-corrected chi connectivity index (χ1v) is 15.7. The van der Waals surface area contributed by atoms with Crippen LogP contribution in [0.25, 0.3) is 0 Å². The standard InChI is InChI=1S/C37H41N3O6/c1-5-37(20-22-39(24-37)21-19-31(27-13-8-6-9-14-27)28-15-10-7-11-16-28)46-36(42)33-26(3)38-25(2)32(35(41)45-4)34(33)29-17-12-18-30(23-29)40(43)44/h6-18,23,31,34,38H,5,19-22,24H2,1-4H3. The van der Waals surface area contributed by atoms with E-state index in [1.54, 1.807) is 26.0 Å². The number of rotatable bonds is 11. The summed E-state index contributed by atoms with van der Waals surface area (Å²) >= 11 is 0. The molecule has 2 unspecified atom stereocenters. The lowest BCUT2D eigenvalue weighted by Crippen LogP contribution is -2.40. The van der Waals surface area contributed by atoms with E-state index in [2.05, 4.69) is 58.7 Å². The minimum atomic E-state index is -0.898. The first-order chi connectivity index (χ1) is 22.2. The molecule has 0 radical (unpaired) electrons. The lowest BCUT2D eigenvalue weighted by Gasteiger charge is -2.34. The average molecular weight is 624 g/mol. The summed E-state index contributed by atoms with van der Waals surface area (Å²) in [6.45, 7) is 7.71. The van der Waals surface area contributed by atoms with Crippen molar-refractivity contribution in [3.63, 3.8) is 0 Å². The van der Waals surface area contributed by atoms with Crippen LogP contribution in [0.4, 0.5) is 5.69 Å². The number of esters is 2. The maximum absolute atomic E-state index is 14.2. The van der Waals surface area contributed by atoms with Gasteiger partial charge in [-0.25, -0.2) is 9.59 Å². The molecule has 2 aliphatic heterocycles. The molecule has 2 aliphatic rings. The molecule has 0 saturated carbocycles. The van der Waals surface area contributed by atoms with Crippen LogP contribution in [0.15, 0.2) is 107 Å². The molecule has 3 aromatic rings. The van der Waals surface area contributed by atoms with Gasteiger partial charge < -0.3 is 14.8 Å². The second-order valence-corrected chi connectivity index (χ2v) is 12.1. The monoisotopic (exact) mass is 623 g/mol. The lowest BCUT2D eigenvalue weighted by molar-refractivity contribution is -0.384. The lowest BCUT2D eigenvalue weighted by atomic mass is 9.80. The summed E-state index contributed by atoms with van der Waals surface area (Å²) in [5, 5.41) is 14.8. The van der Waals surface area contributed by atoms with Crippen LogP contribution in [-0.2, 0) is 19.1 Å². The highest BCUT2D eigenvalue weighted by Gasteiger charge is 2.44. The largest absolute Gasteiger partial charge is 0.466 e. The van der Waals surface area contributed by atoms with E-state index < -0.39 is 28.4 Å². The number of nitro groups is 1. The van der Waals surface area contributed by atoms with Crippen LogP contribution in [0.5, 0.6) is 0 Å². The van der Waals surface area contributed by atoms with Crippen molar-refractivity contribution in [3.8, 4) is 0 Å². The summed E-state index contributed by atoms with van der Waals surface area (Å²) in [5.41, 5.74) is 3.63. The van der Waals surface area contributed by atoms with E-state index in [0.717, 1.165) is 19.5 Å². The smallest absolute Gasteiger partial charge is 0.337 e. The SMILES string of the molecule is CCC1(OC(=O)C2=C(C)NC(C)=C(C(=O)OC)C2c2cccc([N+](=O)[O-])c2)CCN(CCC(c2ccccc2)c2ccccc2)C1. The number of non-ortho nitro benzene ring substituents is 1. The Bertz CT molecular complexity index is 1610.